The number of Topliss-reactive ketones (excluding diaryl/α,β-unsaturated/α-hetero) is 1. The van der Waals surface area contributed by atoms with E-state index in [-0.39, 0.29) is 17.7 Å². The van der Waals surface area contributed by atoms with Gasteiger partial charge >= 0.3 is 0 Å². The van der Waals surface area contributed by atoms with Crippen LogP contribution < -0.4 is 5.32 Å². The van der Waals surface area contributed by atoms with Crippen molar-refractivity contribution in [2.45, 2.75) is 32.2 Å². The second kappa shape index (κ2) is 4.36. The van der Waals surface area contributed by atoms with E-state index in [0.717, 1.165) is 19.4 Å². The Labute approximate surface area is 72.5 Å². The molecule has 1 aliphatic heterocycles. The molecule has 1 aliphatic rings. The van der Waals surface area contributed by atoms with Crippen LogP contribution in [0.2, 0.25) is 0 Å². The molecule has 1 saturated heterocycles. The van der Waals surface area contributed by atoms with E-state index in [1.807, 2.05) is 13.2 Å². The molecule has 67 valence electrons. The molecule has 1 radical (unpaired) electrons. The van der Waals surface area contributed by atoms with Crippen LogP contribution in [-0.4, -0.2) is 24.7 Å². The number of carbonyl (C=O) groups excluding carboxylic acids is 2. The number of hydrogen-bond donors (Lipinski definition) is 1. The van der Waals surface area contributed by atoms with E-state index in [2.05, 4.69) is 5.32 Å². The van der Waals surface area contributed by atoms with Gasteiger partial charge in [-0.15, -0.1) is 0 Å². The summed E-state index contributed by atoms with van der Waals surface area (Å²) in [4.78, 5) is 21.8. The first-order valence-corrected chi connectivity index (χ1v) is 4.43. The first kappa shape index (κ1) is 9.39. The molecular formula is C9H14NO2. The third kappa shape index (κ3) is 1.91. The molecule has 0 aromatic heterocycles. The van der Waals surface area contributed by atoms with E-state index >= 15 is 0 Å². The van der Waals surface area contributed by atoms with Gasteiger partial charge in [0.05, 0.1) is 6.04 Å². The molecule has 1 rings (SSSR count). The lowest BCUT2D eigenvalue weighted by Gasteiger charge is -2.26. The molecule has 0 aromatic carbocycles. The maximum atomic E-state index is 11.3. The highest BCUT2D eigenvalue weighted by Crippen LogP contribution is 2.17. The molecule has 0 saturated carbocycles. The molecule has 0 bridgehead atoms. The first-order chi connectivity index (χ1) is 5.79. The zero-order chi connectivity index (χ0) is 8.97. The summed E-state index contributed by atoms with van der Waals surface area (Å²) in [5.74, 6) is 0.0526. The normalized spacial score (nSPS) is 29.8. The van der Waals surface area contributed by atoms with Crippen LogP contribution in [-0.2, 0) is 9.59 Å². The van der Waals surface area contributed by atoms with Crippen molar-refractivity contribution in [3.8, 4) is 0 Å². The van der Waals surface area contributed by atoms with Gasteiger partial charge in [-0.05, 0) is 19.4 Å². The minimum Gasteiger partial charge on any atom is -0.306 e. The fourth-order valence-electron chi connectivity index (χ4n) is 1.62. The van der Waals surface area contributed by atoms with Gasteiger partial charge in [0.1, 0.15) is 5.78 Å². The number of nitrogens with one attached hydrogen (secondary N) is 1. The van der Waals surface area contributed by atoms with E-state index in [1.54, 1.807) is 0 Å². The summed E-state index contributed by atoms with van der Waals surface area (Å²) in [6.45, 7) is 2.66. The summed E-state index contributed by atoms with van der Waals surface area (Å²) in [5, 5.41) is 2.99. The average molecular weight is 168 g/mol. The van der Waals surface area contributed by atoms with Crippen LogP contribution in [0.4, 0.5) is 0 Å². The summed E-state index contributed by atoms with van der Waals surface area (Å²) >= 11 is 0. The molecular weight excluding hydrogens is 154 g/mol. The second-order valence-electron chi connectivity index (χ2n) is 3.12. The molecule has 1 heterocycles. The predicted octanol–water partition coefficient (Wildman–Crippen LogP) is 0.443. The second-order valence-corrected chi connectivity index (χ2v) is 3.12. The Morgan fingerprint density at radius 1 is 1.67 bits per heavy atom. The quantitative estimate of drug-likeness (QED) is 0.665. The molecule has 2 unspecified atom stereocenters. The Bertz CT molecular complexity index is 179. The zero-order valence-corrected chi connectivity index (χ0v) is 7.30. The maximum absolute atomic E-state index is 11.3. The van der Waals surface area contributed by atoms with Crippen LogP contribution in [0.25, 0.3) is 0 Å². The zero-order valence-electron chi connectivity index (χ0n) is 7.30. The van der Waals surface area contributed by atoms with Gasteiger partial charge in [0.25, 0.3) is 0 Å². The van der Waals surface area contributed by atoms with Gasteiger partial charge in [-0.25, -0.2) is 0 Å². The highest BCUT2D eigenvalue weighted by Gasteiger charge is 2.29. The van der Waals surface area contributed by atoms with Gasteiger partial charge in [0.15, 0.2) is 0 Å². The van der Waals surface area contributed by atoms with Gasteiger partial charge in [0, 0.05) is 12.3 Å². The van der Waals surface area contributed by atoms with E-state index in [1.165, 1.54) is 0 Å². The number of hydrogen-bond acceptors (Lipinski definition) is 3. The largest absolute Gasteiger partial charge is 0.306 e. The van der Waals surface area contributed by atoms with Crippen molar-refractivity contribution in [3.63, 3.8) is 0 Å². The SMILES string of the molecule is CCC(=O)C1CCCNC1[C]=O. The molecule has 0 amide bonds. The Balaban J connectivity index is 2.58. The van der Waals surface area contributed by atoms with Gasteiger partial charge in [-0.2, -0.15) is 0 Å². The summed E-state index contributed by atoms with van der Waals surface area (Å²) in [6, 6.07) is -0.355. The summed E-state index contributed by atoms with van der Waals surface area (Å²) in [5.41, 5.74) is 0. The van der Waals surface area contributed by atoms with Crippen molar-refractivity contribution in [2.24, 2.45) is 5.92 Å². The molecule has 3 nitrogen and oxygen atoms in total. The van der Waals surface area contributed by atoms with Crippen molar-refractivity contribution >= 4 is 12.1 Å². The molecule has 12 heavy (non-hydrogen) atoms. The minimum atomic E-state index is -0.355. The number of piperidine rings is 1. The Morgan fingerprint density at radius 2 is 2.42 bits per heavy atom. The van der Waals surface area contributed by atoms with Gasteiger partial charge in [0.2, 0.25) is 6.29 Å². The lowest BCUT2D eigenvalue weighted by atomic mass is 9.87. The standard InChI is InChI=1S/C9H14NO2/c1-2-9(12)7-4-3-5-10-8(7)6-11/h7-8,10H,2-5H2,1H3. The number of rotatable bonds is 3. The van der Waals surface area contributed by atoms with Crippen molar-refractivity contribution in [2.75, 3.05) is 6.54 Å². The topological polar surface area (TPSA) is 46.2 Å². The fourth-order valence-corrected chi connectivity index (χ4v) is 1.62. The van der Waals surface area contributed by atoms with Crippen LogP contribution in [0.3, 0.4) is 0 Å². The number of ketones is 1. The van der Waals surface area contributed by atoms with E-state index < -0.39 is 0 Å². The van der Waals surface area contributed by atoms with Crippen LogP contribution in [0.1, 0.15) is 26.2 Å². The maximum Gasteiger partial charge on any atom is 0.217 e. The molecule has 2 atom stereocenters. The van der Waals surface area contributed by atoms with Crippen molar-refractivity contribution in [1.82, 2.24) is 5.32 Å². The molecule has 3 heteroatoms. The predicted molar refractivity (Wildman–Crippen MR) is 45.5 cm³/mol. The molecule has 1 fully saturated rings. The average Bonchev–Trinajstić information content (AvgIpc) is 2.16. The Kier molecular flexibility index (Phi) is 3.41. The minimum absolute atomic E-state index is 0.124. The van der Waals surface area contributed by atoms with Crippen molar-refractivity contribution < 1.29 is 9.59 Å². The molecule has 0 aliphatic carbocycles. The smallest absolute Gasteiger partial charge is 0.217 e. The van der Waals surface area contributed by atoms with Gasteiger partial charge < -0.3 is 5.32 Å². The Hall–Kier alpha value is -0.700. The summed E-state index contributed by atoms with van der Waals surface area (Å²) in [6.07, 6.45) is 4.22. The Morgan fingerprint density at radius 3 is 3.00 bits per heavy atom. The summed E-state index contributed by atoms with van der Waals surface area (Å²) < 4.78 is 0. The van der Waals surface area contributed by atoms with Gasteiger partial charge in [-0.1, -0.05) is 6.92 Å². The van der Waals surface area contributed by atoms with Gasteiger partial charge in [-0.3, -0.25) is 9.59 Å². The molecule has 0 aromatic rings. The lowest BCUT2D eigenvalue weighted by molar-refractivity contribution is -0.123. The van der Waals surface area contributed by atoms with Crippen LogP contribution in [0.15, 0.2) is 0 Å². The molecule has 1 N–H and O–H groups in total. The highest BCUT2D eigenvalue weighted by molar-refractivity contribution is 5.85. The van der Waals surface area contributed by atoms with Crippen LogP contribution >= 0.6 is 0 Å². The van der Waals surface area contributed by atoms with Crippen molar-refractivity contribution in [1.29, 1.82) is 0 Å². The third-order valence-electron chi connectivity index (χ3n) is 2.35. The van der Waals surface area contributed by atoms with Crippen molar-refractivity contribution in [3.05, 3.63) is 0 Å². The lowest BCUT2D eigenvalue weighted by Crippen LogP contribution is -2.45. The third-order valence-corrected chi connectivity index (χ3v) is 2.35. The first-order valence-electron chi connectivity index (χ1n) is 4.43. The number of carbonyl (C=O) groups is 1. The molecule has 0 spiro atoms. The van der Waals surface area contributed by atoms with E-state index in [0.29, 0.717) is 6.42 Å². The van der Waals surface area contributed by atoms with E-state index in [9.17, 15) is 9.59 Å². The fraction of sp³-hybridized carbons (Fsp3) is 0.778. The van der Waals surface area contributed by atoms with Crippen LogP contribution in [0.5, 0.6) is 0 Å². The van der Waals surface area contributed by atoms with E-state index in [4.69, 9.17) is 0 Å². The van der Waals surface area contributed by atoms with Crippen LogP contribution in [0, 0.1) is 5.92 Å². The monoisotopic (exact) mass is 168 g/mol. The summed E-state index contributed by atoms with van der Waals surface area (Å²) in [7, 11) is 0. The highest BCUT2D eigenvalue weighted by atomic mass is 16.1.